The minimum absolute atomic E-state index is 0.0348. The monoisotopic (exact) mass is 710 g/mol. The second-order valence-corrected chi connectivity index (χ2v) is 13.1. The van der Waals surface area contributed by atoms with Crippen molar-refractivity contribution in [2.24, 2.45) is 5.92 Å². The first-order valence-corrected chi connectivity index (χ1v) is 16.2. The van der Waals surface area contributed by atoms with Crippen LogP contribution in [0.1, 0.15) is 71.4 Å². The van der Waals surface area contributed by atoms with E-state index in [1.807, 2.05) is 49.4 Å². The van der Waals surface area contributed by atoms with E-state index in [1.165, 1.54) is 0 Å². The maximum atomic E-state index is 11.6. The van der Waals surface area contributed by atoms with E-state index in [-0.39, 0.29) is 23.5 Å². The van der Waals surface area contributed by atoms with E-state index in [2.05, 4.69) is 24.0 Å². The molecule has 2 aromatic heterocycles. The zero-order valence-electron chi connectivity index (χ0n) is 25.5. The summed E-state index contributed by atoms with van der Waals surface area (Å²) in [6.07, 6.45) is 0.770. The Morgan fingerprint density at radius 2 is 1.11 bits per heavy atom. The number of carbonyl (C=O) groups is 2. The highest BCUT2D eigenvalue weighted by Crippen LogP contribution is 2.36. The topological polar surface area (TPSA) is 110 Å². The smallest absolute Gasteiger partial charge is 0.357 e. The van der Waals surface area contributed by atoms with Gasteiger partial charge < -0.3 is 10.2 Å². The predicted octanol–water partition coefficient (Wildman–Crippen LogP) is 10.3. The lowest BCUT2D eigenvalue weighted by atomic mass is 9.97. The second kappa shape index (κ2) is 14.4. The highest BCUT2D eigenvalue weighted by Gasteiger charge is 2.25. The molecule has 0 spiro atoms. The van der Waals surface area contributed by atoms with Crippen LogP contribution in [-0.2, 0) is 0 Å². The van der Waals surface area contributed by atoms with Gasteiger partial charge in [-0.05, 0) is 66.8 Å². The van der Waals surface area contributed by atoms with Crippen LogP contribution in [0.2, 0.25) is 20.1 Å². The molecule has 0 fully saturated rings. The molecular formula is C35H30Cl4N4O4. The molecule has 0 amide bonds. The first kappa shape index (κ1) is 34.3. The Morgan fingerprint density at radius 1 is 0.660 bits per heavy atom. The fourth-order valence-corrected chi connectivity index (χ4v) is 6.68. The van der Waals surface area contributed by atoms with E-state index in [1.54, 1.807) is 51.8 Å². The molecule has 0 saturated carbocycles. The molecule has 47 heavy (non-hydrogen) atoms. The molecule has 0 radical (unpaired) electrons. The number of hydrogen-bond donors (Lipinski definition) is 2. The highest BCUT2D eigenvalue weighted by atomic mass is 35.5. The molecule has 2 unspecified atom stereocenters. The summed E-state index contributed by atoms with van der Waals surface area (Å²) in [6.45, 7) is 6.14. The third-order valence-electron chi connectivity index (χ3n) is 7.72. The molecule has 12 heteroatoms. The summed E-state index contributed by atoms with van der Waals surface area (Å²) < 4.78 is 3.45. The van der Waals surface area contributed by atoms with Crippen LogP contribution in [0.15, 0.2) is 84.9 Å². The predicted molar refractivity (Wildman–Crippen MR) is 188 cm³/mol. The molecule has 0 bridgehead atoms. The van der Waals surface area contributed by atoms with Gasteiger partial charge in [0.25, 0.3) is 0 Å². The standard InChI is InChI=1S/C19H18Cl2N2O2.C16H12Cl2N2O2/c1-11(2)9-17(13-8-7-12(20)10-15(13)21)23-16-6-4-3-5-14(16)18(22-23)19(24)25;1-9(11-7-6-10(17)8-13(11)18)20-14-5-3-2-4-12(14)15(19-20)16(21)22/h3-8,10-11,17H,9H2,1-2H3,(H,24,25);2-9H,1H3,(H,21,22). The maximum absolute atomic E-state index is 11.6. The van der Waals surface area contributed by atoms with E-state index < -0.39 is 11.9 Å². The molecule has 6 aromatic rings. The van der Waals surface area contributed by atoms with Crippen molar-refractivity contribution in [1.82, 2.24) is 19.6 Å². The van der Waals surface area contributed by atoms with Gasteiger partial charge in [0.15, 0.2) is 11.4 Å². The Balaban J connectivity index is 0.000000186. The number of fused-ring (bicyclic) bond motifs is 2. The lowest BCUT2D eigenvalue weighted by molar-refractivity contribution is 0.0680. The van der Waals surface area contributed by atoms with Crippen molar-refractivity contribution in [3.05, 3.63) is 128 Å². The summed E-state index contributed by atoms with van der Waals surface area (Å²) in [5, 5.41) is 30.9. The number of aromatic carboxylic acids is 2. The van der Waals surface area contributed by atoms with E-state index in [9.17, 15) is 19.8 Å². The van der Waals surface area contributed by atoms with Crippen molar-refractivity contribution in [2.45, 2.75) is 39.3 Å². The summed E-state index contributed by atoms with van der Waals surface area (Å²) in [7, 11) is 0. The van der Waals surface area contributed by atoms with Gasteiger partial charge in [-0.2, -0.15) is 10.2 Å². The number of nitrogens with zero attached hydrogens (tertiary/aromatic N) is 4. The maximum Gasteiger partial charge on any atom is 0.357 e. The fourth-order valence-electron chi connectivity index (χ4n) is 5.58. The molecule has 0 aliphatic carbocycles. The Bertz CT molecular complexity index is 2110. The summed E-state index contributed by atoms with van der Waals surface area (Å²) in [4.78, 5) is 23.0. The highest BCUT2D eigenvalue weighted by molar-refractivity contribution is 6.35. The van der Waals surface area contributed by atoms with Crippen LogP contribution < -0.4 is 0 Å². The quantitative estimate of drug-likeness (QED) is 0.163. The molecule has 2 heterocycles. The van der Waals surface area contributed by atoms with Gasteiger partial charge in [-0.1, -0.05) is 109 Å². The summed E-state index contributed by atoms with van der Waals surface area (Å²) in [5.41, 5.74) is 3.32. The number of halogens is 4. The van der Waals surface area contributed by atoms with Crippen molar-refractivity contribution in [3.63, 3.8) is 0 Å². The van der Waals surface area contributed by atoms with Crippen LogP contribution in [0, 0.1) is 5.92 Å². The number of para-hydroxylation sites is 2. The van der Waals surface area contributed by atoms with Crippen molar-refractivity contribution in [3.8, 4) is 0 Å². The number of rotatable bonds is 8. The Labute approximate surface area is 291 Å². The summed E-state index contributed by atoms with van der Waals surface area (Å²) in [6, 6.07) is 24.8. The molecular weight excluding hydrogens is 682 g/mol. The largest absolute Gasteiger partial charge is 0.476 e. The summed E-state index contributed by atoms with van der Waals surface area (Å²) >= 11 is 24.6. The zero-order chi connectivity index (χ0) is 34.0. The minimum atomic E-state index is -1.05. The van der Waals surface area contributed by atoms with Gasteiger partial charge in [-0.15, -0.1) is 0 Å². The molecule has 2 atom stereocenters. The van der Waals surface area contributed by atoms with E-state index in [0.717, 1.165) is 28.6 Å². The molecule has 4 aromatic carbocycles. The van der Waals surface area contributed by atoms with Crippen molar-refractivity contribution >= 4 is 80.1 Å². The Hall–Kier alpha value is -4.08. The average molecular weight is 712 g/mol. The lowest BCUT2D eigenvalue weighted by Gasteiger charge is -2.22. The van der Waals surface area contributed by atoms with Gasteiger partial charge >= 0.3 is 11.9 Å². The van der Waals surface area contributed by atoms with Crippen molar-refractivity contribution in [2.75, 3.05) is 0 Å². The normalized spacial score (nSPS) is 12.6. The molecule has 8 nitrogen and oxygen atoms in total. The zero-order valence-corrected chi connectivity index (χ0v) is 28.6. The fraction of sp³-hybridized carbons (Fsp3) is 0.200. The first-order chi connectivity index (χ1) is 22.4. The van der Waals surface area contributed by atoms with Gasteiger partial charge in [0.2, 0.25) is 0 Å². The van der Waals surface area contributed by atoms with Crippen LogP contribution in [0.3, 0.4) is 0 Å². The molecule has 242 valence electrons. The number of hydrogen-bond acceptors (Lipinski definition) is 4. The molecule has 0 saturated heterocycles. The van der Waals surface area contributed by atoms with Gasteiger partial charge in [0.05, 0.1) is 23.1 Å². The Kier molecular flexibility index (Phi) is 10.5. The van der Waals surface area contributed by atoms with Gasteiger partial charge in [0.1, 0.15) is 0 Å². The average Bonchev–Trinajstić information content (AvgIpc) is 3.60. The number of aromatic nitrogens is 4. The van der Waals surface area contributed by atoms with Crippen LogP contribution in [0.4, 0.5) is 0 Å². The van der Waals surface area contributed by atoms with Crippen LogP contribution in [0.25, 0.3) is 21.8 Å². The third kappa shape index (κ3) is 7.26. The molecule has 0 aliphatic rings. The molecule has 2 N–H and O–H groups in total. The van der Waals surface area contributed by atoms with Gasteiger partial charge in [-0.3, -0.25) is 9.36 Å². The third-order valence-corrected chi connectivity index (χ3v) is 8.85. The van der Waals surface area contributed by atoms with Gasteiger partial charge in [0, 0.05) is 30.9 Å². The first-order valence-electron chi connectivity index (χ1n) is 14.7. The second-order valence-electron chi connectivity index (χ2n) is 11.4. The summed E-state index contributed by atoms with van der Waals surface area (Å²) in [5.74, 6) is -1.72. The lowest BCUT2D eigenvalue weighted by Crippen LogP contribution is -2.16. The SMILES string of the molecule is CC(C)CC(c1ccc(Cl)cc1Cl)n1nc(C(=O)O)c2ccccc21.CC(c1ccc(Cl)cc1Cl)n1nc(C(=O)O)c2ccccc21. The van der Waals surface area contributed by atoms with Crippen LogP contribution in [-0.4, -0.2) is 41.7 Å². The Morgan fingerprint density at radius 3 is 1.57 bits per heavy atom. The molecule has 6 rings (SSSR count). The number of carboxylic acids is 2. The molecule has 0 aliphatic heterocycles. The van der Waals surface area contributed by atoms with Crippen molar-refractivity contribution < 1.29 is 19.8 Å². The van der Waals surface area contributed by atoms with Crippen molar-refractivity contribution in [1.29, 1.82) is 0 Å². The number of benzene rings is 4. The van der Waals surface area contributed by atoms with Crippen LogP contribution in [0.5, 0.6) is 0 Å². The van der Waals surface area contributed by atoms with E-state index in [0.29, 0.717) is 36.8 Å². The minimum Gasteiger partial charge on any atom is -0.476 e. The van der Waals surface area contributed by atoms with Crippen LogP contribution >= 0.6 is 46.4 Å². The van der Waals surface area contributed by atoms with E-state index >= 15 is 0 Å². The van der Waals surface area contributed by atoms with Gasteiger partial charge in [-0.25, -0.2) is 9.59 Å². The van der Waals surface area contributed by atoms with E-state index in [4.69, 9.17) is 46.4 Å². The number of carboxylic acid groups (broad SMARTS) is 2.